The molecule has 3 nitrogen and oxygen atoms in total. The van der Waals surface area contributed by atoms with Crippen LogP contribution in [0.25, 0.3) is 0 Å². The Kier molecular flexibility index (Phi) is 5.70. The molecule has 0 aliphatic heterocycles. The van der Waals surface area contributed by atoms with Crippen LogP contribution in [0, 0.1) is 23.2 Å². The molecule has 0 aromatic heterocycles. The average molecular weight is 252 g/mol. The SMILES string of the molecule is C[Si](C)(C)O/N=C/C1CCCCC(C#N)CC1. The molecule has 4 heteroatoms. The summed E-state index contributed by atoms with van der Waals surface area (Å²) in [4.78, 5) is 0. The van der Waals surface area contributed by atoms with Crippen molar-refractivity contribution in [1.29, 1.82) is 5.26 Å². The van der Waals surface area contributed by atoms with Crippen LogP contribution in [-0.4, -0.2) is 14.5 Å². The summed E-state index contributed by atoms with van der Waals surface area (Å²) >= 11 is 0. The van der Waals surface area contributed by atoms with E-state index in [1.807, 2.05) is 6.21 Å². The quantitative estimate of drug-likeness (QED) is 0.434. The number of hydrogen-bond acceptors (Lipinski definition) is 3. The Hall–Kier alpha value is -0.823. The van der Waals surface area contributed by atoms with Crippen molar-refractivity contribution < 1.29 is 4.53 Å². The Bertz CT molecular complexity index is 291. The normalized spacial score (nSPS) is 27.2. The second kappa shape index (κ2) is 6.80. The van der Waals surface area contributed by atoms with Gasteiger partial charge in [0.05, 0.1) is 6.07 Å². The summed E-state index contributed by atoms with van der Waals surface area (Å²) in [6.45, 7) is 6.40. The van der Waals surface area contributed by atoms with E-state index in [1.165, 1.54) is 19.3 Å². The molecule has 0 spiro atoms. The fourth-order valence-corrected chi connectivity index (χ4v) is 2.43. The van der Waals surface area contributed by atoms with Crippen LogP contribution in [0.1, 0.15) is 38.5 Å². The van der Waals surface area contributed by atoms with Gasteiger partial charge in [-0.3, -0.25) is 0 Å². The monoisotopic (exact) mass is 252 g/mol. The lowest BCUT2D eigenvalue weighted by molar-refractivity contribution is 0.329. The van der Waals surface area contributed by atoms with Crippen LogP contribution in [-0.2, 0) is 4.53 Å². The topological polar surface area (TPSA) is 45.4 Å². The molecular weight excluding hydrogens is 228 g/mol. The van der Waals surface area contributed by atoms with Gasteiger partial charge in [0.1, 0.15) is 0 Å². The van der Waals surface area contributed by atoms with Crippen LogP contribution in [0.15, 0.2) is 5.16 Å². The van der Waals surface area contributed by atoms with Crippen LogP contribution in [0.3, 0.4) is 0 Å². The van der Waals surface area contributed by atoms with Crippen molar-refractivity contribution >= 4 is 14.5 Å². The standard InChI is InChI=1S/C13H24N2OSi/c1-17(2,3)16-15-11-13-7-5-4-6-12(10-14)8-9-13/h11-13H,4-9H2,1-3H3/b15-11+. The lowest BCUT2D eigenvalue weighted by Gasteiger charge is -2.19. The van der Waals surface area contributed by atoms with E-state index in [4.69, 9.17) is 9.79 Å². The number of nitriles is 1. The minimum absolute atomic E-state index is 0.254. The zero-order valence-electron chi connectivity index (χ0n) is 11.3. The molecule has 2 atom stereocenters. The van der Waals surface area contributed by atoms with Crippen molar-refractivity contribution in [3.8, 4) is 6.07 Å². The molecule has 96 valence electrons. The van der Waals surface area contributed by atoms with Gasteiger partial charge in [0.15, 0.2) is 0 Å². The third-order valence-corrected chi connectivity index (χ3v) is 3.70. The van der Waals surface area contributed by atoms with Gasteiger partial charge in [0.2, 0.25) is 0 Å². The largest absolute Gasteiger partial charge is 0.456 e. The van der Waals surface area contributed by atoms with Crippen molar-refractivity contribution in [1.82, 2.24) is 0 Å². The predicted molar refractivity (Wildman–Crippen MR) is 73.2 cm³/mol. The summed E-state index contributed by atoms with van der Waals surface area (Å²) in [5.41, 5.74) is 0. The first-order valence-corrected chi connectivity index (χ1v) is 10.0. The zero-order chi connectivity index (χ0) is 12.7. The van der Waals surface area contributed by atoms with Crippen LogP contribution in [0.4, 0.5) is 0 Å². The maximum Gasteiger partial charge on any atom is 0.278 e. The Balaban J connectivity index is 2.39. The van der Waals surface area contributed by atoms with E-state index in [0.717, 1.165) is 19.3 Å². The van der Waals surface area contributed by atoms with Crippen molar-refractivity contribution in [2.45, 2.75) is 58.2 Å². The van der Waals surface area contributed by atoms with Crippen LogP contribution < -0.4 is 0 Å². The molecule has 0 radical (unpaired) electrons. The van der Waals surface area contributed by atoms with Gasteiger partial charge in [-0.05, 0) is 51.2 Å². The molecule has 2 unspecified atom stereocenters. The number of oxime groups is 1. The first-order chi connectivity index (χ1) is 8.01. The third kappa shape index (κ3) is 6.47. The van der Waals surface area contributed by atoms with Gasteiger partial charge in [0, 0.05) is 12.1 Å². The molecule has 0 N–H and O–H groups in total. The minimum Gasteiger partial charge on any atom is -0.456 e. The Morgan fingerprint density at radius 3 is 2.53 bits per heavy atom. The predicted octanol–water partition coefficient (Wildman–Crippen LogP) is 3.93. The van der Waals surface area contributed by atoms with E-state index in [1.54, 1.807) is 0 Å². The highest BCUT2D eigenvalue weighted by Gasteiger charge is 2.18. The zero-order valence-corrected chi connectivity index (χ0v) is 12.3. The Morgan fingerprint density at radius 2 is 1.88 bits per heavy atom. The van der Waals surface area contributed by atoms with Crippen molar-refractivity contribution in [2.24, 2.45) is 17.0 Å². The van der Waals surface area contributed by atoms with E-state index in [-0.39, 0.29) is 5.92 Å². The van der Waals surface area contributed by atoms with Crippen LogP contribution in [0.5, 0.6) is 0 Å². The molecule has 0 aromatic rings. The molecule has 0 bridgehead atoms. The lowest BCUT2D eigenvalue weighted by Crippen LogP contribution is -2.22. The van der Waals surface area contributed by atoms with Gasteiger partial charge in [-0.2, -0.15) is 5.26 Å². The van der Waals surface area contributed by atoms with Crippen LogP contribution >= 0.6 is 0 Å². The summed E-state index contributed by atoms with van der Waals surface area (Å²) < 4.78 is 5.50. The minimum atomic E-state index is -1.53. The molecular formula is C13H24N2OSi. The van der Waals surface area contributed by atoms with Gasteiger partial charge in [0.25, 0.3) is 8.32 Å². The average Bonchev–Trinajstić information content (AvgIpc) is 2.20. The second-order valence-electron chi connectivity index (χ2n) is 5.91. The highest BCUT2D eigenvalue weighted by Crippen LogP contribution is 2.25. The molecule has 1 aliphatic carbocycles. The second-order valence-corrected chi connectivity index (χ2v) is 10.3. The lowest BCUT2D eigenvalue weighted by atomic mass is 9.87. The smallest absolute Gasteiger partial charge is 0.278 e. The highest BCUT2D eigenvalue weighted by atomic mass is 28.4. The Morgan fingerprint density at radius 1 is 1.18 bits per heavy atom. The molecule has 1 rings (SSSR count). The third-order valence-electron chi connectivity index (χ3n) is 3.04. The van der Waals surface area contributed by atoms with Gasteiger partial charge >= 0.3 is 0 Å². The number of hydrogen-bond donors (Lipinski definition) is 0. The van der Waals surface area contributed by atoms with Gasteiger partial charge < -0.3 is 4.53 Å². The van der Waals surface area contributed by atoms with E-state index in [0.29, 0.717) is 5.92 Å². The molecule has 0 aromatic carbocycles. The fraction of sp³-hybridized carbons (Fsp3) is 0.846. The first-order valence-electron chi connectivity index (χ1n) is 6.62. The van der Waals surface area contributed by atoms with Crippen molar-refractivity contribution in [3.63, 3.8) is 0 Å². The maximum atomic E-state index is 8.97. The van der Waals surface area contributed by atoms with E-state index < -0.39 is 8.32 Å². The molecule has 1 fully saturated rings. The summed E-state index contributed by atoms with van der Waals surface area (Å²) in [5.74, 6) is 0.756. The van der Waals surface area contributed by atoms with E-state index in [9.17, 15) is 0 Å². The molecule has 1 saturated carbocycles. The Labute approximate surface area is 106 Å². The molecule has 0 amide bonds. The summed E-state index contributed by atoms with van der Waals surface area (Å²) in [6, 6.07) is 2.40. The van der Waals surface area contributed by atoms with Crippen molar-refractivity contribution in [2.75, 3.05) is 0 Å². The molecule has 0 heterocycles. The first kappa shape index (κ1) is 14.2. The maximum absolute atomic E-state index is 8.97. The van der Waals surface area contributed by atoms with Gasteiger partial charge in [-0.15, -0.1) is 5.16 Å². The number of rotatable bonds is 3. The number of nitrogens with zero attached hydrogens (tertiary/aromatic N) is 2. The molecule has 1 aliphatic rings. The summed E-state index contributed by atoms with van der Waals surface area (Å²) in [7, 11) is -1.53. The van der Waals surface area contributed by atoms with Crippen molar-refractivity contribution in [3.05, 3.63) is 0 Å². The summed E-state index contributed by atoms with van der Waals surface area (Å²) in [6.07, 6.45) is 8.72. The molecule has 17 heavy (non-hydrogen) atoms. The van der Waals surface area contributed by atoms with Gasteiger partial charge in [-0.25, -0.2) is 0 Å². The van der Waals surface area contributed by atoms with E-state index >= 15 is 0 Å². The highest BCUT2D eigenvalue weighted by molar-refractivity contribution is 6.69. The van der Waals surface area contributed by atoms with Crippen LogP contribution in [0.2, 0.25) is 19.6 Å². The molecule has 0 saturated heterocycles. The van der Waals surface area contributed by atoms with Gasteiger partial charge in [-0.1, -0.05) is 12.8 Å². The fourth-order valence-electron chi connectivity index (χ4n) is 2.05. The van der Waals surface area contributed by atoms with E-state index in [2.05, 4.69) is 30.9 Å². The summed E-state index contributed by atoms with van der Waals surface area (Å²) in [5, 5.41) is 13.1.